The Labute approximate surface area is 228 Å². The molecule has 0 aromatic heterocycles. The Kier molecular flexibility index (Phi) is 7.83. The lowest BCUT2D eigenvalue weighted by atomic mass is 9.96. The van der Waals surface area contributed by atoms with E-state index >= 15 is 0 Å². The van der Waals surface area contributed by atoms with Gasteiger partial charge in [-0.3, -0.25) is 0 Å². The molecule has 39 heavy (non-hydrogen) atoms. The zero-order valence-electron chi connectivity index (χ0n) is 22.4. The topological polar surface area (TPSA) is 60.0 Å². The quantitative estimate of drug-likeness (QED) is 0.207. The summed E-state index contributed by atoms with van der Waals surface area (Å²) in [5.74, 6) is 2.03. The van der Waals surface area contributed by atoms with Gasteiger partial charge >= 0.3 is 6.03 Å². The standard InChI is InChI=1S/C33H32N2O4/c1-37-27-12-8-11-26(21-27)34-33(36)35(18-17-23-15-16-31(38-2)32(19-23)39-3)22-30-28-13-6-4-9-24(28)20-25-10-5-7-14-29(25)30/h4-16,19-21H,17-18,22H2,1-3H3,(H,34,36). The van der Waals surface area contributed by atoms with E-state index in [0.717, 1.165) is 32.7 Å². The second-order valence-electron chi connectivity index (χ2n) is 9.32. The van der Waals surface area contributed by atoms with Crippen LogP contribution in [0.2, 0.25) is 0 Å². The molecule has 0 spiro atoms. The number of nitrogens with one attached hydrogen (secondary N) is 1. The first kappa shape index (κ1) is 25.9. The number of fused-ring (bicyclic) bond motifs is 2. The number of amides is 2. The molecule has 0 unspecified atom stereocenters. The molecule has 6 nitrogen and oxygen atoms in total. The molecule has 1 N–H and O–H groups in total. The fourth-order valence-electron chi connectivity index (χ4n) is 4.93. The van der Waals surface area contributed by atoms with Gasteiger partial charge in [0, 0.05) is 24.8 Å². The summed E-state index contributed by atoms with van der Waals surface area (Å²) in [4.78, 5) is 15.6. The lowest BCUT2D eigenvalue weighted by Gasteiger charge is -2.25. The Balaban J connectivity index is 1.50. The molecule has 0 saturated carbocycles. The van der Waals surface area contributed by atoms with Gasteiger partial charge in [0.2, 0.25) is 0 Å². The van der Waals surface area contributed by atoms with Crippen LogP contribution in [0.1, 0.15) is 11.1 Å². The molecule has 0 fully saturated rings. The summed E-state index contributed by atoms with van der Waals surface area (Å²) in [6, 6.07) is 32.0. The molecule has 0 aliphatic rings. The van der Waals surface area contributed by atoms with Crippen LogP contribution in [0.3, 0.4) is 0 Å². The van der Waals surface area contributed by atoms with Crippen LogP contribution in [0.5, 0.6) is 17.2 Å². The summed E-state index contributed by atoms with van der Waals surface area (Å²) >= 11 is 0. The van der Waals surface area contributed by atoms with Gasteiger partial charge in [0.15, 0.2) is 11.5 Å². The van der Waals surface area contributed by atoms with Crippen LogP contribution in [0, 0.1) is 0 Å². The third-order valence-electron chi connectivity index (χ3n) is 6.96. The first-order valence-corrected chi connectivity index (χ1v) is 12.9. The molecule has 0 atom stereocenters. The number of hydrogen-bond donors (Lipinski definition) is 1. The molecule has 5 aromatic carbocycles. The van der Waals surface area contributed by atoms with E-state index in [9.17, 15) is 4.79 Å². The summed E-state index contributed by atoms with van der Waals surface area (Å²) < 4.78 is 16.2. The van der Waals surface area contributed by atoms with Crippen molar-refractivity contribution in [3.63, 3.8) is 0 Å². The zero-order chi connectivity index (χ0) is 27.2. The van der Waals surface area contributed by atoms with Crippen LogP contribution in [-0.2, 0) is 13.0 Å². The van der Waals surface area contributed by atoms with Crippen molar-refractivity contribution in [3.8, 4) is 17.2 Å². The number of methoxy groups -OCH3 is 3. The Hall–Kier alpha value is -4.71. The number of urea groups is 1. The average Bonchev–Trinajstić information content (AvgIpc) is 2.98. The van der Waals surface area contributed by atoms with Crippen molar-refractivity contribution >= 4 is 33.3 Å². The van der Waals surface area contributed by atoms with Crippen LogP contribution in [-0.4, -0.2) is 38.8 Å². The molecule has 0 aliphatic heterocycles. The second-order valence-corrected chi connectivity index (χ2v) is 9.32. The molecule has 198 valence electrons. The molecule has 6 heteroatoms. The monoisotopic (exact) mass is 520 g/mol. The van der Waals surface area contributed by atoms with Crippen molar-refractivity contribution < 1.29 is 19.0 Å². The first-order chi connectivity index (χ1) is 19.1. The van der Waals surface area contributed by atoms with Crippen LogP contribution in [0.15, 0.2) is 97.1 Å². The molecule has 5 aromatic rings. The van der Waals surface area contributed by atoms with Gasteiger partial charge in [0.05, 0.1) is 21.3 Å². The maximum absolute atomic E-state index is 13.8. The lowest BCUT2D eigenvalue weighted by Crippen LogP contribution is -2.36. The Bertz CT molecular complexity index is 1560. The summed E-state index contributed by atoms with van der Waals surface area (Å²) in [6.45, 7) is 0.952. The Morgan fingerprint density at radius 1 is 0.718 bits per heavy atom. The highest BCUT2D eigenvalue weighted by Gasteiger charge is 2.18. The fourth-order valence-corrected chi connectivity index (χ4v) is 4.93. The SMILES string of the molecule is COc1cccc(NC(=O)N(CCc2ccc(OC)c(OC)c2)Cc2c3ccccc3cc3ccccc23)c1. The Morgan fingerprint density at radius 2 is 1.41 bits per heavy atom. The van der Waals surface area contributed by atoms with Crippen molar-refractivity contribution in [2.45, 2.75) is 13.0 Å². The number of ether oxygens (including phenoxy) is 3. The second kappa shape index (κ2) is 11.8. The van der Waals surface area contributed by atoms with Crippen molar-refractivity contribution in [1.29, 1.82) is 0 Å². The van der Waals surface area contributed by atoms with E-state index in [0.29, 0.717) is 42.4 Å². The molecule has 0 heterocycles. The molecule has 0 radical (unpaired) electrons. The van der Waals surface area contributed by atoms with Gasteiger partial charge in [0.1, 0.15) is 5.75 Å². The van der Waals surface area contributed by atoms with Gasteiger partial charge < -0.3 is 24.4 Å². The number of rotatable bonds is 9. The maximum Gasteiger partial charge on any atom is 0.322 e. The van der Waals surface area contributed by atoms with E-state index in [1.165, 1.54) is 0 Å². The van der Waals surface area contributed by atoms with E-state index in [4.69, 9.17) is 14.2 Å². The largest absolute Gasteiger partial charge is 0.497 e. The summed E-state index contributed by atoms with van der Waals surface area (Å²) in [5, 5.41) is 7.66. The van der Waals surface area contributed by atoms with E-state index in [1.807, 2.05) is 71.6 Å². The van der Waals surface area contributed by atoms with Crippen molar-refractivity contribution in [2.24, 2.45) is 0 Å². The van der Waals surface area contributed by atoms with E-state index in [1.54, 1.807) is 21.3 Å². The van der Waals surface area contributed by atoms with Crippen LogP contribution >= 0.6 is 0 Å². The fraction of sp³-hybridized carbons (Fsp3) is 0.182. The van der Waals surface area contributed by atoms with Crippen LogP contribution in [0.4, 0.5) is 10.5 Å². The number of benzene rings is 5. The summed E-state index contributed by atoms with van der Waals surface area (Å²) in [5.41, 5.74) is 2.85. The summed E-state index contributed by atoms with van der Waals surface area (Å²) in [7, 11) is 4.86. The average molecular weight is 521 g/mol. The van der Waals surface area contributed by atoms with E-state index < -0.39 is 0 Å². The van der Waals surface area contributed by atoms with Gasteiger partial charge in [-0.25, -0.2) is 4.79 Å². The van der Waals surface area contributed by atoms with Gasteiger partial charge in [0.25, 0.3) is 0 Å². The number of carbonyl (C=O) groups excluding carboxylic acids is 1. The number of anilines is 1. The number of hydrogen-bond acceptors (Lipinski definition) is 4. The minimum Gasteiger partial charge on any atom is -0.497 e. The van der Waals surface area contributed by atoms with Crippen molar-refractivity contribution in [3.05, 3.63) is 108 Å². The predicted octanol–water partition coefficient (Wildman–Crippen LogP) is 7.30. The third-order valence-corrected chi connectivity index (χ3v) is 6.96. The van der Waals surface area contributed by atoms with E-state index in [2.05, 4.69) is 35.6 Å². The van der Waals surface area contributed by atoms with Crippen molar-refractivity contribution in [1.82, 2.24) is 4.90 Å². The molecular formula is C33H32N2O4. The predicted molar refractivity (Wildman–Crippen MR) is 157 cm³/mol. The zero-order valence-corrected chi connectivity index (χ0v) is 22.4. The minimum absolute atomic E-state index is 0.180. The third kappa shape index (κ3) is 5.75. The van der Waals surface area contributed by atoms with Crippen LogP contribution < -0.4 is 19.5 Å². The highest BCUT2D eigenvalue weighted by atomic mass is 16.5. The smallest absolute Gasteiger partial charge is 0.322 e. The maximum atomic E-state index is 13.8. The van der Waals surface area contributed by atoms with Crippen LogP contribution in [0.25, 0.3) is 21.5 Å². The highest BCUT2D eigenvalue weighted by molar-refractivity contribution is 6.02. The minimum atomic E-state index is -0.180. The van der Waals surface area contributed by atoms with Gasteiger partial charge in [-0.05, 0) is 69.4 Å². The van der Waals surface area contributed by atoms with E-state index in [-0.39, 0.29) is 6.03 Å². The summed E-state index contributed by atoms with van der Waals surface area (Å²) in [6.07, 6.45) is 0.647. The first-order valence-electron chi connectivity index (χ1n) is 12.9. The molecule has 0 bridgehead atoms. The molecule has 0 saturated heterocycles. The number of carbonyl (C=O) groups is 1. The molecular weight excluding hydrogens is 488 g/mol. The molecule has 5 rings (SSSR count). The number of nitrogens with zero attached hydrogens (tertiary/aromatic N) is 1. The van der Waals surface area contributed by atoms with Gasteiger partial charge in [-0.1, -0.05) is 60.7 Å². The van der Waals surface area contributed by atoms with Crippen molar-refractivity contribution in [2.75, 3.05) is 33.2 Å². The Morgan fingerprint density at radius 3 is 2.08 bits per heavy atom. The normalized spacial score (nSPS) is 10.8. The van der Waals surface area contributed by atoms with Gasteiger partial charge in [-0.2, -0.15) is 0 Å². The molecule has 2 amide bonds. The molecule has 0 aliphatic carbocycles. The van der Waals surface area contributed by atoms with Gasteiger partial charge in [-0.15, -0.1) is 0 Å². The highest BCUT2D eigenvalue weighted by Crippen LogP contribution is 2.31. The lowest BCUT2D eigenvalue weighted by molar-refractivity contribution is 0.210.